The molecule has 0 aromatic carbocycles. The smallest absolute Gasteiger partial charge is 0.412 e. The first kappa shape index (κ1) is 17.4. The highest BCUT2D eigenvalue weighted by Crippen LogP contribution is 2.43. The van der Waals surface area contributed by atoms with Crippen LogP contribution in [0.3, 0.4) is 0 Å². The summed E-state index contributed by atoms with van der Waals surface area (Å²) in [5.41, 5.74) is 0.925. The van der Waals surface area contributed by atoms with Gasteiger partial charge in [0.2, 0.25) is 0 Å². The lowest BCUT2D eigenvalue weighted by Crippen LogP contribution is -2.30. The molecule has 0 amide bonds. The molecule has 0 N–H and O–H groups in total. The molecule has 1 aliphatic heterocycles. The maximum Gasteiger partial charge on any atom is 0.412 e. The third-order valence-electron chi connectivity index (χ3n) is 5.40. The first-order valence-electron chi connectivity index (χ1n) is 8.63. The number of fused-ring (bicyclic) bond motifs is 1. The highest BCUT2D eigenvalue weighted by Gasteiger charge is 2.38. The van der Waals surface area contributed by atoms with Crippen molar-refractivity contribution in [3.63, 3.8) is 0 Å². The van der Waals surface area contributed by atoms with E-state index >= 15 is 0 Å². The lowest BCUT2D eigenvalue weighted by atomic mass is 9.73. The minimum absolute atomic E-state index is 0.0586. The second-order valence-electron chi connectivity index (χ2n) is 8.19. The first-order chi connectivity index (χ1) is 11.1. The lowest BCUT2D eigenvalue weighted by Gasteiger charge is -2.37. The number of hydrogen-bond acceptors (Lipinski definition) is 1. The van der Waals surface area contributed by atoms with E-state index in [0.29, 0.717) is 12.5 Å². The Morgan fingerprint density at radius 1 is 1.12 bits per heavy atom. The first-order valence-corrected chi connectivity index (χ1v) is 8.63. The average molecular weight is 338 g/mol. The Labute approximate surface area is 142 Å². The monoisotopic (exact) mass is 338 g/mol. The van der Waals surface area contributed by atoms with E-state index in [2.05, 4.69) is 32.9 Å². The van der Waals surface area contributed by atoms with Gasteiger partial charge in [0.05, 0.1) is 6.61 Å². The number of halogens is 3. The van der Waals surface area contributed by atoms with Crippen LogP contribution in [0, 0.1) is 23.2 Å². The number of alkyl halides is 3. The van der Waals surface area contributed by atoms with Crippen LogP contribution in [0.1, 0.15) is 40.0 Å². The Kier molecular flexibility index (Phi) is 4.43. The van der Waals surface area contributed by atoms with Crippen molar-refractivity contribution >= 4 is 0 Å². The van der Waals surface area contributed by atoms with E-state index in [1.54, 1.807) is 6.08 Å². The molecule has 1 saturated heterocycles. The molecule has 1 fully saturated rings. The normalized spacial score (nSPS) is 30.8. The van der Waals surface area contributed by atoms with Gasteiger partial charge in [-0.3, -0.25) is 0 Å². The van der Waals surface area contributed by atoms with Crippen LogP contribution in [-0.2, 0) is 4.74 Å². The van der Waals surface area contributed by atoms with Gasteiger partial charge in [-0.05, 0) is 48.2 Å². The summed E-state index contributed by atoms with van der Waals surface area (Å²) in [5, 5.41) is 0. The Balaban J connectivity index is 1.72. The van der Waals surface area contributed by atoms with Gasteiger partial charge in [-0.25, -0.2) is 0 Å². The summed E-state index contributed by atoms with van der Waals surface area (Å²) in [5.74, 6) is 1.39. The predicted octanol–water partition coefficient (Wildman–Crippen LogP) is 5.96. The molecule has 1 nitrogen and oxygen atoms in total. The van der Waals surface area contributed by atoms with Gasteiger partial charge < -0.3 is 4.74 Å². The zero-order valence-electron chi connectivity index (χ0n) is 14.5. The standard InChI is InChI=1S/C20H25F3O/c1-19(2,3)16-7-8-18-14(11-16)9-15(12-24-18)13-5-4-6-17(10-13)20(21,22)23/h4-6,8,11,13,15-16H,7,9-10,12H2,1-3H3. The van der Waals surface area contributed by atoms with Crippen LogP contribution in [0.25, 0.3) is 0 Å². The quantitative estimate of drug-likeness (QED) is 0.573. The maximum atomic E-state index is 13.0. The maximum absolute atomic E-state index is 13.0. The van der Waals surface area contributed by atoms with E-state index < -0.39 is 11.7 Å². The lowest BCUT2D eigenvalue weighted by molar-refractivity contribution is -0.0959. The molecule has 0 bridgehead atoms. The Bertz CT molecular complexity index is 614. The number of allylic oxidation sites excluding steroid dienone is 7. The van der Waals surface area contributed by atoms with Crippen molar-refractivity contribution in [2.75, 3.05) is 6.61 Å². The van der Waals surface area contributed by atoms with Crippen LogP contribution < -0.4 is 0 Å². The topological polar surface area (TPSA) is 9.23 Å². The van der Waals surface area contributed by atoms with Crippen molar-refractivity contribution in [2.24, 2.45) is 23.2 Å². The highest BCUT2D eigenvalue weighted by molar-refractivity contribution is 5.34. The third-order valence-corrected chi connectivity index (χ3v) is 5.40. The van der Waals surface area contributed by atoms with Crippen molar-refractivity contribution in [1.82, 2.24) is 0 Å². The fourth-order valence-corrected chi connectivity index (χ4v) is 3.73. The Morgan fingerprint density at radius 2 is 1.88 bits per heavy atom. The molecule has 0 aromatic rings. The number of ether oxygens (including phenoxy) is 1. The van der Waals surface area contributed by atoms with E-state index in [-0.39, 0.29) is 23.7 Å². The molecule has 24 heavy (non-hydrogen) atoms. The molecular formula is C20H25F3O. The molecule has 0 saturated carbocycles. The number of rotatable bonds is 1. The predicted molar refractivity (Wildman–Crippen MR) is 89.2 cm³/mol. The summed E-state index contributed by atoms with van der Waals surface area (Å²) in [6, 6.07) is 0. The molecule has 0 spiro atoms. The van der Waals surface area contributed by atoms with Crippen LogP contribution in [0.5, 0.6) is 0 Å². The fraction of sp³-hybridized carbons (Fsp3) is 0.600. The largest absolute Gasteiger partial charge is 0.493 e. The molecule has 1 heterocycles. The van der Waals surface area contributed by atoms with Crippen molar-refractivity contribution in [1.29, 1.82) is 0 Å². The third kappa shape index (κ3) is 3.62. The van der Waals surface area contributed by atoms with Crippen LogP contribution in [0.4, 0.5) is 13.2 Å². The van der Waals surface area contributed by atoms with E-state index in [4.69, 9.17) is 4.74 Å². The summed E-state index contributed by atoms with van der Waals surface area (Å²) < 4.78 is 44.8. The molecule has 132 valence electrons. The minimum Gasteiger partial charge on any atom is -0.493 e. The van der Waals surface area contributed by atoms with Gasteiger partial charge in [0.1, 0.15) is 5.76 Å². The van der Waals surface area contributed by atoms with E-state index in [0.717, 1.165) is 18.6 Å². The van der Waals surface area contributed by atoms with Crippen molar-refractivity contribution in [3.8, 4) is 0 Å². The fourth-order valence-electron chi connectivity index (χ4n) is 3.73. The summed E-state index contributed by atoms with van der Waals surface area (Å²) in [6.45, 7) is 7.17. The molecule has 4 heteroatoms. The Morgan fingerprint density at radius 3 is 2.54 bits per heavy atom. The zero-order valence-corrected chi connectivity index (χ0v) is 14.5. The summed E-state index contributed by atoms with van der Waals surface area (Å²) >= 11 is 0. The number of hydrogen-bond donors (Lipinski definition) is 0. The van der Waals surface area contributed by atoms with Gasteiger partial charge in [0.25, 0.3) is 0 Å². The minimum atomic E-state index is -4.23. The summed E-state index contributed by atoms with van der Waals surface area (Å²) in [6.07, 6.45) is 6.69. The summed E-state index contributed by atoms with van der Waals surface area (Å²) in [7, 11) is 0. The van der Waals surface area contributed by atoms with Crippen molar-refractivity contribution in [2.45, 2.75) is 46.2 Å². The van der Waals surface area contributed by atoms with Crippen molar-refractivity contribution in [3.05, 3.63) is 47.3 Å². The van der Waals surface area contributed by atoms with Crippen LogP contribution in [0.2, 0.25) is 0 Å². The second-order valence-corrected chi connectivity index (χ2v) is 8.19. The van der Waals surface area contributed by atoms with Crippen LogP contribution >= 0.6 is 0 Å². The molecule has 0 aromatic heterocycles. The molecule has 0 radical (unpaired) electrons. The summed E-state index contributed by atoms with van der Waals surface area (Å²) in [4.78, 5) is 0. The molecule has 2 aliphatic carbocycles. The molecule has 3 unspecified atom stereocenters. The van der Waals surface area contributed by atoms with Gasteiger partial charge >= 0.3 is 6.18 Å². The van der Waals surface area contributed by atoms with Gasteiger partial charge in [-0.2, -0.15) is 13.2 Å². The van der Waals surface area contributed by atoms with Crippen molar-refractivity contribution < 1.29 is 17.9 Å². The highest BCUT2D eigenvalue weighted by atomic mass is 19.4. The van der Waals surface area contributed by atoms with Gasteiger partial charge in [-0.1, -0.05) is 45.1 Å². The van der Waals surface area contributed by atoms with E-state index in [1.807, 2.05) is 6.08 Å². The molecule has 3 aliphatic rings. The Hall–Kier alpha value is -1.45. The average Bonchev–Trinajstić information content (AvgIpc) is 2.52. The van der Waals surface area contributed by atoms with Gasteiger partial charge in [0, 0.05) is 11.5 Å². The van der Waals surface area contributed by atoms with E-state index in [1.165, 1.54) is 11.6 Å². The molecule has 3 atom stereocenters. The zero-order chi connectivity index (χ0) is 17.5. The van der Waals surface area contributed by atoms with Crippen LogP contribution in [0.15, 0.2) is 47.3 Å². The van der Waals surface area contributed by atoms with E-state index in [9.17, 15) is 13.2 Å². The van der Waals surface area contributed by atoms with Gasteiger partial charge in [0.15, 0.2) is 0 Å². The molecule has 3 rings (SSSR count). The SMILES string of the molecule is CC(C)(C)C1C=C2CC(C3C=CC=C(C(F)(F)F)C3)COC2=CC1. The van der Waals surface area contributed by atoms with Crippen LogP contribution in [-0.4, -0.2) is 12.8 Å². The van der Waals surface area contributed by atoms with Gasteiger partial charge in [-0.15, -0.1) is 0 Å². The second kappa shape index (κ2) is 6.12. The molecular weight excluding hydrogens is 313 g/mol.